The van der Waals surface area contributed by atoms with Gasteiger partial charge in [-0.25, -0.2) is 4.39 Å². The van der Waals surface area contributed by atoms with Crippen molar-refractivity contribution in [1.82, 2.24) is 4.90 Å². The molecule has 0 saturated heterocycles. The molecule has 5 heteroatoms. The van der Waals surface area contributed by atoms with Gasteiger partial charge in [0.05, 0.1) is 0 Å². The standard InChI is InChI=1S/C14H18FNO3/c1-10(2)16(8-4-7-13(17)18)14(19)11-5-3-6-12(15)9-11/h3,5-6,9-10H,4,7-8H2,1-2H3,(H,17,18). The molecule has 0 fully saturated rings. The van der Waals surface area contributed by atoms with Gasteiger partial charge in [0.1, 0.15) is 5.82 Å². The van der Waals surface area contributed by atoms with Gasteiger partial charge >= 0.3 is 5.97 Å². The van der Waals surface area contributed by atoms with Gasteiger partial charge in [0, 0.05) is 24.6 Å². The molecule has 0 saturated carbocycles. The fraction of sp³-hybridized carbons (Fsp3) is 0.429. The Bertz CT molecular complexity index is 460. The lowest BCUT2D eigenvalue weighted by atomic mass is 10.1. The molecular formula is C14H18FNO3. The van der Waals surface area contributed by atoms with Crippen LogP contribution >= 0.6 is 0 Å². The summed E-state index contributed by atoms with van der Waals surface area (Å²) < 4.78 is 13.1. The molecule has 1 amide bonds. The van der Waals surface area contributed by atoms with E-state index in [4.69, 9.17) is 5.11 Å². The van der Waals surface area contributed by atoms with Crippen LogP contribution in [-0.4, -0.2) is 34.5 Å². The lowest BCUT2D eigenvalue weighted by Crippen LogP contribution is -2.38. The van der Waals surface area contributed by atoms with E-state index in [1.54, 1.807) is 11.0 Å². The Balaban J connectivity index is 2.75. The molecule has 0 bridgehead atoms. The van der Waals surface area contributed by atoms with Gasteiger partial charge in [-0.3, -0.25) is 9.59 Å². The number of benzene rings is 1. The molecule has 1 aromatic rings. The highest BCUT2D eigenvalue weighted by Crippen LogP contribution is 2.11. The zero-order valence-electron chi connectivity index (χ0n) is 11.1. The van der Waals surface area contributed by atoms with Gasteiger partial charge in [0.2, 0.25) is 0 Å². The van der Waals surface area contributed by atoms with Crippen molar-refractivity contribution in [3.63, 3.8) is 0 Å². The monoisotopic (exact) mass is 267 g/mol. The van der Waals surface area contributed by atoms with Crippen molar-refractivity contribution < 1.29 is 19.1 Å². The molecule has 0 radical (unpaired) electrons. The molecule has 0 aliphatic heterocycles. The molecule has 19 heavy (non-hydrogen) atoms. The maximum atomic E-state index is 13.1. The van der Waals surface area contributed by atoms with Gasteiger partial charge in [0.25, 0.3) is 5.91 Å². The number of aliphatic carboxylic acids is 1. The number of carboxylic acids is 1. The van der Waals surface area contributed by atoms with E-state index in [-0.39, 0.29) is 23.9 Å². The van der Waals surface area contributed by atoms with Crippen molar-refractivity contribution in [2.45, 2.75) is 32.7 Å². The average molecular weight is 267 g/mol. The first-order valence-corrected chi connectivity index (χ1v) is 6.20. The second-order valence-electron chi connectivity index (χ2n) is 4.60. The summed E-state index contributed by atoms with van der Waals surface area (Å²) in [5.74, 6) is -1.62. The summed E-state index contributed by atoms with van der Waals surface area (Å²) in [6.45, 7) is 4.04. The highest BCUT2D eigenvalue weighted by atomic mass is 19.1. The fourth-order valence-corrected chi connectivity index (χ4v) is 1.78. The summed E-state index contributed by atoms with van der Waals surface area (Å²) in [5, 5.41) is 8.60. The highest BCUT2D eigenvalue weighted by molar-refractivity contribution is 5.94. The van der Waals surface area contributed by atoms with E-state index >= 15 is 0 Å². The van der Waals surface area contributed by atoms with Gasteiger partial charge in [-0.05, 0) is 38.5 Å². The van der Waals surface area contributed by atoms with Crippen LogP contribution in [0.2, 0.25) is 0 Å². The van der Waals surface area contributed by atoms with Gasteiger partial charge in [-0.2, -0.15) is 0 Å². The lowest BCUT2D eigenvalue weighted by molar-refractivity contribution is -0.137. The topological polar surface area (TPSA) is 57.6 Å². The first-order valence-electron chi connectivity index (χ1n) is 6.20. The maximum absolute atomic E-state index is 13.1. The minimum absolute atomic E-state index is 0.0135. The number of amides is 1. The largest absolute Gasteiger partial charge is 0.481 e. The van der Waals surface area contributed by atoms with Crippen LogP contribution in [0.25, 0.3) is 0 Å². The van der Waals surface area contributed by atoms with Gasteiger partial charge in [-0.1, -0.05) is 6.07 Å². The van der Waals surface area contributed by atoms with E-state index in [0.29, 0.717) is 13.0 Å². The lowest BCUT2D eigenvalue weighted by Gasteiger charge is -2.26. The van der Waals surface area contributed by atoms with E-state index in [1.807, 2.05) is 13.8 Å². The van der Waals surface area contributed by atoms with Crippen molar-refractivity contribution >= 4 is 11.9 Å². The smallest absolute Gasteiger partial charge is 0.303 e. The third-order valence-corrected chi connectivity index (χ3v) is 2.75. The number of hydrogen-bond donors (Lipinski definition) is 1. The van der Waals surface area contributed by atoms with Crippen LogP contribution in [0.1, 0.15) is 37.0 Å². The van der Waals surface area contributed by atoms with Crippen molar-refractivity contribution in [1.29, 1.82) is 0 Å². The zero-order valence-corrected chi connectivity index (χ0v) is 11.1. The predicted molar refractivity (Wildman–Crippen MR) is 69.4 cm³/mol. The van der Waals surface area contributed by atoms with Crippen LogP contribution in [-0.2, 0) is 4.79 Å². The Morgan fingerprint density at radius 1 is 1.37 bits per heavy atom. The van der Waals surface area contributed by atoms with Crippen molar-refractivity contribution in [3.05, 3.63) is 35.6 Å². The van der Waals surface area contributed by atoms with E-state index < -0.39 is 11.8 Å². The second-order valence-corrected chi connectivity index (χ2v) is 4.60. The van der Waals surface area contributed by atoms with E-state index in [2.05, 4.69) is 0 Å². The fourth-order valence-electron chi connectivity index (χ4n) is 1.78. The molecule has 4 nitrogen and oxygen atoms in total. The van der Waals surface area contributed by atoms with Crippen molar-refractivity contribution in [2.75, 3.05) is 6.54 Å². The molecule has 104 valence electrons. The third kappa shape index (κ3) is 4.69. The molecule has 0 spiro atoms. The Kier molecular flexibility index (Phi) is 5.48. The Morgan fingerprint density at radius 3 is 2.58 bits per heavy atom. The van der Waals surface area contributed by atoms with Gasteiger partial charge < -0.3 is 10.0 Å². The minimum Gasteiger partial charge on any atom is -0.481 e. The van der Waals surface area contributed by atoms with Gasteiger partial charge in [-0.15, -0.1) is 0 Å². The first kappa shape index (κ1) is 15.1. The van der Waals surface area contributed by atoms with E-state index in [9.17, 15) is 14.0 Å². The van der Waals surface area contributed by atoms with E-state index in [0.717, 1.165) is 0 Å². The first-order chi connectivity index (χ1) is 8.91. The number of halogens is 1. The minimum atomic E-state index is -0.887. The van der Waals surface area contributed by atoms with Crippen LogP contribution in [0.5, 0.6) is 0 Å². The summed E-state index contributed by atoms with van der Waals surface area (Å²) in [6.07, 6.45) is 0.397. The SMILES string of the molecule is CC(C)N(CCCC(=O)O)C(=O)c1cccc(F)c1. The molecule has 0 atom stereocenters. The second kappa shape index (κ2) is 6.87. The summed E-state index contributed by atoms with van der Waals surface area (Å²) in [4.78, 5) is 24.3. The van der Waals surface area contributed by atoms with Crippen LogP contribution in [0.15, 0.2) is 24.3 Å². The molecule has 0 aliphatic rings. The summed E-state index contributed by atoms with van der Waals surface area (Å²) >= 11 is 0. The van der Waals surface area contributed by atoms with Crippen molar-refractivity contribution in [3.8, 4) is 0 Å². The summed E-state index contributed by atoms with van der Waals surface area (Å²) in [5.41, 5.74) is 0.282. The molecule has 0 unspecified atom stereocenters. The zero-order chi connectivity index (χ0) is 14.4. The Hall–Kier alpha value is -1.91. The molecule has 0 aromatic heterocycles. The maximum Gasteiger partial charge on any atom is 0.303 e. The molecule has 0 heterocycles. The average Bonchev–Trinajstić information content (AvgIpc) is 2.33. The molecule has 1 rings (SSSR count). The van der Waals surface area contributed by atoms with Crippen LogP contribution < -0.4 is 0 Å². The van der Waals surface area contributed by atoms with Crippen molar-refractivity contribution in [2.24, 2.45) is 0 Å². The highest BCUT2D eigenvalue weighted by Gasteiger charge is 2.19. The Labute approximate surface area is 111 Å². The number of carbonyl (C=O) groups is 2. The van der Waals surface area contributed by atoms with Crippen LogP contribution in [0, 0.1) is 5.82 Å². The van der Waals surface area contributed by atoms with Crippen LogP contribution in [0.3, 0.4) is 0 Å². The van der Waals surface area contributed by atoms with Gasteiger partial charge in [0.15, 0.2) is 0 Å². The molecule has 1 N–H and O–H groups in total. The van der Waals surface area contributed by atoms with Crippen LogP contribution in [0.4, 0.5) is 4.39 Å². The number of carboxylic acid groups (broad SMARTS) is 1. The molecular weight excluding hydrogens is 249 g/mol. The quantitative estimate of drug-likeness (QED) is 0.861. The molecule has 1 aromatic carbocycles. The normalized spacial score (nSPS) is 10.5. The summed E-state index contributed by atoms with van der Waals surface area (Å²) in [6, 6.07) is 5.44. The van der Waals surface area contributed by atoms with E-state index in [1.165, 1.54) is 18.2 Å². The molecule has 0 aliphatic carbocycles. The summed E-state index contributed by atoms with van der Waals surface area (Å²) in [7, 11) is 0. The number of rotatable bonds is 6. The number of nitrogens with zero attached hydrogens (tertiary/aromatic N) is 1. The number of hydrogen-bond acceptors (Lipinski definition) is 2. The number of carbonyl (C=O) groups excluding carboxylic acids is 1. The predicted octanol–water partition coefficient (Wildman–Crippen LogP) is 2.54. The third-order valence-electron chi connectivity index (χ3n) is 2.75. The Morgan fingerprint density at radius 2 is 2.05 bits per heavy atom.